The Morgan fingerprint density at radius 2 is 1.76 bits per heavy atom. The fourth-order valence-corrected chi connectivity index (χ4v) is 2.23. The molecule has 0 heterocycles. The summed E-state index contributed by atoms with van der Waals surface area (Å²) in [6.45, 7) is 13.1. The average molecular weight is 243 g/mol. The maximum absolute atomic E-state index is 5.85. The number of hydrogen-bond acceptors (Lipinski definition) is 2. The van der Waals surface area contributed by atoms with Gasteiger partial charge >= 0.3 is 0 Å². The van der Waals surface area contributed by atoms with E-state index in [1.807, 2.05) is 0 Å². The van der Waals surface area contributed by atoms with Gasteiger partial charge in [0.15, 0.2) is 0 Å². The zero-order valence-electron chi connectivity index (χ0n) is 12.6. The molecule has 0 bridgehead atoms. The molecule has 0 aliphatic rings. The monoisotopic (exact) mass is 243 g/mol. The maximum Gasteiger partial charge on any atom is 0.0725 e. The minimum Gasteiger partial charge on any atom is -0.377 e. The number of rotatable bonds is 11. The first-order valence-electron chi connectivity index (χ1n) is 7.50. The molecule has 0 aromatic rings. The van der Waals surface area contributed by atoms with E-state index in [0.29, 0.717) is 12.1 Å². The van der Waals surface area contributed by atoms with Crippen molar-refractivity contribution in [1.82, 2.24) is 5.32 Å². The highest BCUT2D eigenvalue weighted by Gasteiger charge is 2.19. The van der Waals surface area contributed by atoms with Gasteiger partial charge in [0, 0.05) is 12.6 Å². The third-order valence-corrected chi connectivity index (χ3v) is 3.19. The molecule has 0 radical (unpaired) electrons. The molecular formula is C15H33NO. The molecule has 0 aromatic heterocycles. The molecule has 0 amide bonds. The van der Waals surface area contributed by atoms with Crippen molar-refractivity contribution in [2.45, 2.75) is 78.9 Å². The second-order valence-corrected chi connectivity index (χ2v) is 5.29. The number of nitrogens with one attached hydrogen (secondary N) is 1. The highest BCUT2D eigenvalue weighted by Crippen LogP contribution is 2.14. The van der Waals surface area contributed by atoms with Crippen molar-refractivity contribution in [3.05, 3.63) is 0 Å². The summed E-state index contributed by atoms with van der Waals surface area (Å²) in [6.07, 6.45) is 6.57. The maximum atomic E-state index is 5.85. The third kappa shape index (κ3) is 8.62. The van der Waals surface area contributed by atoms with Gasteiger partial charge in [0.2, 0.25) is 0 Å². The lowest BCUT2D eigenvalue weighted by Crippen LogP contribution is -2.41. The molecule has 2 atom stereocenters. The molecule has 0 fully saturated rings. The molecule has 0 aliphatic carbocycles. The van der Waals surface area contributed by atoms with Gasteiger partial charge in [-0.05, 0) is 38.6 Å². The summed E-state index contributed by atoms with van der Waals surface area (Å²) in [5, 5.41) is 3.65. The Morgan fingerprint density at radius 3 is 2.24 bits per heavy atom. The fraction of sp³-hybridized carbons (Fsp3) is 1.00. The van der Waals surface area contributed by atoms with Crippen LogP contribution in [0.1, 0.15) is 66.7 Å². The van der Waals surface area contributed by atoms with E-state index >= 15 is 0 Å². The Hall–Kier alpha value is -0.0800. The summed E-state index contributed by atoms with van der Waals surface area (Å²) < 4.78 is 5.85. The van der Waals surface area contributed by atoms with Gasteiger partial charge in [-0.25, -0.2) is 0 Å². The Morgan fingerprint density at radius 1 is 1.06 bits per heavy atom. The summed E-state index contributed by atoms with van der Waals surface area (Å²) in [5.74, 6) is 0.814. The lowest BCUT2D eigenvalue weighted by molar-refractivity contribution is 0.0288. The van der Waals surface area contributed by atoms with Gasteiger partial charge in [-0.3, -0.25) is 0 Å². The summed E-state index contributed by atoms with van der Waals surface area (Å²) in [7, 11) is 0. The number of ether oxygens (including phenoxy) is 1. The SMILES string of the molecule is CCCNC(CCCC(C)C)C(CC)OCC. The van der Waals surface area contributed by atoms with Crippen LogP contribution in [0.25, 0.3) is 0 Å². The smallest absolute Gasteiger partial charge is 0.0725 e. The van der Waals surface area contributed by atoms with E-state index in [1.165, 1.54) is 25.7 Å². The zero-order valence-corrected chi connectivity index (χ0v) is 12.6. The molecule has 1 N–H and O–H groups in total. The molecule has 104 valence electrons. The predicted molar refractivity (Wildman–Crippen MR) is 76.5 cm³/mol. The summed E-state index contributed by atoms with van der Waals surface area (Å²) >= 11 is 0. The quantitative estimate of drug-likeness (QED) is 0.592. The van der Waals surface area contributed by atoms with Gasteiger partial charge in [0.1, 0.15) is 0 Å². The van der Waals surface area contributed by atoms with E-state index in [9.17, 15) is 0 Å². The minimum absolute atomic E-state index is 0.388. The van der Waals surface area contributed by atoms with Crippen LogP contribution < -0.4 is 5.32 Å². The molecule has 2 nitrogen and oxygen atoms in total. The molecule has 17 heavy (non-hydrogen) atoms. The second-order valence-electron chi connectivity index (χ2n) is 5.29. The van der Waals surface area contributed by atoms with E-state index in [2.05, 4.69) is 39.9 Å². The van der Waals surface area contributed by atoms with Crippen molar-refractivity contribution in [1.29, 1.82) is 0 Å². The van der Waals surface area contributed by atoms with Crippen molar-refractivity contribution in [2.75, 3.05) is 13.2 Å². The Bertz CT molecular complexity index is 159. The van der Waals surface area contributed by atoms with Gasteiger partial charge in [0.05, 0.1) is 6.10 Å². The van der Waals surface area contributed by atoms with Gasteiger partial charge in [0.25, 0.3) is 0 Å². The first kappa shape index (κ1) is 16.9. The van der Waals surface area contributed by atoms with Crippen molar-refractivity contribution < 1.29 is 4.74 Å². The first-order valence-corrected chi connectivity index (χ1v) is 7.50. The predicted octanol–water partition coefficient (Wildman–Crippen LogP) is 4.00. The highest BCUT2D eigenvalue weighted by molar-refractivity contribution is 4.76. The molecule has 0 saturated heterocycles. The van der Waals surface area contributed by atoms with Gasteiger partial charge in [-0.15, -0.1) is 0 Å². The summed E-state index contributed by atoms with van der Waals surface area (Å²) in [5.41, 5.74) is 0. The van der Waals surface area contributed by atoms with Gasteiger partial charge < -0.3 is 10.1 Å². The normalized spacial score (nSPS) is 15.2. The van der Waals surface area contributed by atoms with Crippen LogP contribution in [0.2, 0.25) is 0 Å². The molecular weight excluding hydrogens is 210 g/mol. The van der Waals surface area contributed by atoms with Crippen molar-refractivity contribution >= 4 is 0 Å². The molecule has 0 spiro atoms. The Kier molecular flexibility index (Phi) is 11.0. The lowest BCUT2D eigenvalue weighted by Gasteiger charge is -2.27. The molecule has 0 saturated carbocycles. The second kappa shape index (κ2) is 11.0. The van der Waals surface area contributed by atoms with Crippen molar-refractivity contribution in [3.8, 4) is 0 Å². The van der Waals surface area contributed by atoms with Crippen LogP contribution in [0.4, 0.5) is 0 Å². The third-order valence-electron chi connectivity index (χ3n) is 3.19. The van der Waals surface area contributed by atoms with E-state index in [4.69, 9.17) is 4.74 Å². The van der Waals surface area contributed by atoms with E-state index in [-0.39, 0.29) is 0 Å². The van der Waals surface area contributed by atoms with Crippen LogP contribution in [0.3, 0.4) is 0 Å². The van der Waals surface area contributed by atoms with E-state index in [0.717, 1.165) is 25.5 Å². The summed E-state index contributed by atoms with van der Waals surface area (Å²) in [4.78, 5) is 0. The average Bonchev–Trinajstić information content (AvgIpc) is 2.30. The Labute approximate surface area is 109 Å². The van der Waals surface area contributed by atoms with Crippen LogP contribution in [0, 0.1) is 5.92 Å². The van der Waals surface area contributed by atoms with Crippen LogP contribution >= 0.6 is 0 Å². The van der Waals surface area contributed by atoms with Crippen LogP contribution in [-0.2, 0) is 4.74 Å². The van der Waals surface area contributed by atoms with Crippen LogP contribution in [0.15, 0.2) is 0 Å². The van der Waals surface area contributed by atoms with E-state index < -0.39 is 0 Å². The largest absolute Gasteiger partial charge is 0.377 e. The molecule has 0 rings (SSSR count). The molecule has 2 heteroatoms. The first-order chi connectivity index (χ1) is 8.15. The Balaban J connectivity index is 4.09. The lowest BCUT2D eigenvalue weighted by atomic mass is 9.98. The summed E-state index contributed by atoms with van der Waals surface area (Å²) in [6, 6.07) is 0.540. The molecule has 2 unspecified atom stereocenters. The minimum atomic E-state index is 0.388. The van der Waals surface area contributed by atoms with Gasteiger partial charge in [-0.1, -0.05) is 40.5 Å². The van der Waals surface area contributed by atoms with Crippen LogP contribution in [-0.4, -0.2) is 25.3 Å². The van der Waals surface area contributed by atoms with Gasteiger partial charge in [-0.2, -0.15) is 0 Å². The molecule has 0 aromatic carbocycles. The van der Waals surface area contributed by atoms with Crippen molar-refractivity contribution in [2.24, 2.45) is 5.92 Å². The topological polar surface area (TPSA) is 21.3 Å². The number of hydrogen-bond donors (Lipinski definition) is 1. The van der Waals surface area contributed by atoms with E-state index in [1.54, 1.807) is 0 Å². The fourth-order valence-electron chi connectivity index (χ4n) is 2.23. The standard InChI is InChI=1S/C15H33NO/c1-6-12-16-14(11-9-10-13(4)5)15(7-2)17-8-3/h13-16H,6-12H2,1-5H3. The zero-order chi connectivity index (χ0) is 13.1. The van der Waals surface area contributed by atoms with Crippen LogP contribution in [0.5, 0.6) is 0 Å². The van der Waals surface area contributed by atoms with Crippen molar-refractivity contribution in [3.63, 3.8) is 0 Å². The highest BCUT2D eigenvalue weighted by atomic mass is 16.5. The molecule has 0 aliphatic heterocycles.